The van der Waals surface area contributed by atoms with Crippen LogP contribution in [0.2, 0.25) is 0 Å². The molecular weight excluding hydrogens is 274 g/mol. The summed E-state index contributed by atoms with van der Waals surface area (Å²) in [6.07, 6.45) is 1.02. The Morgan fingerprint density at radius 2 is 2.40 bits per heavy atom. The Bertz CT molecular complexity index is 443. The van der Waals surface area contributed by atoms with Gasteiger partial charge in [-0.3, -0.25) is 0 Å². The summed E-state index contributed by atoms with van der Waals surface area (Å²) >= 11 is 1.64. The van der Waals surface area contributed by atoms with Crippen molar-refractivity contribution in [1.82, 2.24) is 15.6 Å². The first-order valence-corrected chi connectivity index (χ1v) is 7.98. The highest BCUT2D eigenvalue weighted by Gasteiger charge is 2.23. The molecule has 1 aliphatic heterocycles. The molecule has 2 N–H and O–H groups in total. The van der Waals surface area contributed by atoms with Gasteiger partial charge in [0.25, 0.3) is 0 Å². The molecule has 0 spiro atoms. The molecule has 2 heterocycles. The van der Waals surface area contributed by atoms with Crippen LogP contribution < -0.4 is 10.6 Å². The van der Waals surface area contributed by atoms with Gasteiger partial charge in [-0.05, 0) is 20.3 Å². The average molecular weight is 297 g/mol. The van der Waals surface area contributed by atoms with Crippen molar-refractivity contribution in [3.8, 4) is 0 Å². The molecule has 1 aromatic rings. The predicted molar refractivity (Wildman–Crippen MR) is 80.2 cm³/mol. The second kappa shape index (κ2) is 7.04. The number of nitrogens with zero attached hydrogens (tertiary/aromatic N) is 1. The Hall–Kier alpha value is -1.14. The van der Waals surface area contributed by atoms with Crippen LogP contribution in [0.5, 0.6) is 0 Å². The van der Waals surface area contributed by atoms with Crippen LogP contribution in [0.25, 0.3) is 0 Å². The number of aryl methyl sites for hydroxylation is 1. The first-order chi connectivity index (χ1) is 9.56. The predicted octanol–water partition coefficient (Wildman–Crippen LogP) is 2.28. The van der Waals surface area contributed by atoms with Crippen molar-refractivity contribution in [2.45, 2.75) is 39.2 Å². The van der Waals surface area contributed by atoms with E-state index < -0.39 is 0 Å². The number of urea groups is 1. The Morgan fingerprint density at radius 3 is 3.00 bits per heavy atom. The molecule has 1 aliphatic rings. The summed E-state index contributed by atoms with van der Waals surface area (Å²) in [7, 11) is 0. The second-order valence-electron chi connectivity index (χ2n) is 5.49. The number of thiazole rings is 1. The minimum atomic E-state index is -0.107. The fraction of sp³-hybridized carbons (Fsp3) is 0.714. The van der Waals surface area contributed by atoms with Crippen molar-refractivity contribution in [2.75, 3.05) is 19.8 Å². The van der Waals surface area contributed by atoms with Crippen molar-refractivity contribution >= 4 is 17.4 Å². The van der Waals surface area contributed by atoms with Crippen molar-refractivity contribution < 1.29 is 9.53 Å². The van der Waals surface area contributed by atoms with E-state index in [0.29, 0.717) is 12.5 Å². The van der Waals surface area contributed by atoms with Gasteiger partial charge < -0.3 is 15.4 Å². The van der Waals surface area contributed by atoms with Crippen LogP contribution in [0.4, 0.5) is 4.79 Å². The Balaban J connectivity index is 1.71. The topological polar surface area (TPSA) is 63.2 Å². The van der Waals surface area contributed by atoms with Crippen molar-refractivity contribution in [2.24, 2.45) is 5.92 Å². The molecule has 3 atom stereocenters. The number of hydrogen-bond donors (Lipinski definition) is 2. The van der Waals surface area contributed by atoms with Gasteiger partial charge in [0.2, 0.25) is 0 Å². The van der Waals surface area contributed by atoms with E-state index in [9.17, 15) is 4.79 Å². The van der Waals surface area contributed by atoms with Crippen LogP contribution >= 0.6 is 11.3 Å². The van der Waals surface area contributed by atoms with Gasteiger partial charge in [-0.2, -0.15) is 0 Å². The molecule has 2 amide bonds. The van der Waals surface area contributed by atoms with Gasteiger partial charge in [0.15, 0.2) is 0 Å². The molecule has 0 bridgehead atoms. The zero-order valence-electron chi connectivity index (χ0n) is 12.3. The van der Waals surface area contributed by atoms with Gasteiger partial charge in [-0.15, -0.1) is 11.3 Å². The fourth-order valence-electron chi connectivity index (χ4n) is 2.25. The Morgan fingerprint density at radius 1 is 1.60 bits per heavy atom. The lowest BCUT2D eigenvalue weighted by molar-refractivity contribution is 0.178. The van der Waals surface area contributed by atoms with Crippen LogP contribution in [-0.4, -0.2) is 36.8 Å². The van der Waals surface area contributed by atoms with E-state index in [4.69, 9.17) is 4.74 Å². The first kappa shape index (κ1) is 15.3. The quantitative estimate of drug-likeness (QED) is 0.876. The molecule has 1 fully saturated rings. The van der Waals surface area contributed by atoms with Crippen LogP contribution in [0, 0.1) is 12.8 Å². The number of amides is 2. The SMILES string of the molecule is Cc1csc([C@H](C)CNC(=O)N[C@@H](C)[C@@H]2CCOC2)n1. The molecule has 0 aromatic carbocycles. The largest absolute Gasteiger partial charge is 0.381 e. The highest BCUT2D eigenvalue weighted by Crippen LogP contribution is 2.19. The third kappa shape index (κ3) is 4.18. The maximum absolute atomic E-state index is 11.9. The summed E-state index contributed by atoms with van der Waals surface area (Å²) in [4.78, 5) is 16.3. The summed E-state index contributed by atoms with van der Waals surface area (Å²) < 4.78 is 5.34. The highest BCUT2D eigenvalue weighted by atomic mass is 32.1. The summed E-state index contributed by atoms with van der Waals surface area (Å²) in [5.74, 6) is 0.671. The molecule has 0 radical (unpaired) electrons. The maximum Gasteiger partial charge on any atom is 0.315 e. The number of carbonyl (C=O) groups is 1. The molecule has 2 rings (SSSR count). The minimum Gasteiger partial charge on any atom is -0.381 e. The Labute approximate surface area is 124 Å². The zero-order valence-corrected chi connectivity index (χ0v) is 13.1. The highest BCUT2D eigenvalue weighted by molar-refractivity contribution is 7.09. The third-order valence-corrected chi connectivity index (χ3v) is 4.85. The molecule has 1 aromatic heterocycles. The van der Waals surface area contributed by atoms with E-state index in [2.05, 4.69) is 22.5 Å². The minimum absolute atomic E-state index is 0.107. The summed E-state index contributed by atoms with van der Waals surface area (Å²) in [5, 5.41) is 9.01. The average Bonchev–Trinajstić information content (AvgIpc) is 3.06. The lowest BCUT2D eigenvalue weighted by Gasteiger charge is -2.20. The molecule has 0 aliphatic carbocycles. The molecular formula is C14H23N3O2S. The maximum atomic E-state index is 11.9. The Kier molecular flexibility index (Phi) is 5.37. The van der Waals surface area contributed by atoms with Crippen molar-refractivity contribution in [3.05, 3.63) is 16.1 Å². The monoisotopic (exact) mass is 297 g/mol. The van der Waals surface area contributed by atoms with Gasteiger partial charge in [-0.25, -0.2) is 9.78 Å². The molecule has 5 nitrogen and oxygen atoms in total. The number of carbonyl (C=O) groups excluding carboxylic acids is 1. The van der Waals surface area contributed by atoms with Crippen molar-refractivity contribution in [1.29, 1.82) is 0 Å². The van der Waals surface area contributed by atoms with Gasteiger partial charge in [-0.1, -0.05) is 6.92 Å². The van der Waals surface area contributed by atoms with E-state index in [1.54, 1.807) is 11.3 Å². The van der Waals surface area contributed by atoms with Gasteiger partial charge in [0, 0.05) is 42.1 Å². The summed E-state index contributed by atoms with van der Waals surface area (Å²) in [5.41, 5.74) is 1.04. The number of hydrogen-bond acceptors (Lipinski definition) is 4. The molecule has 0 unspecified atom stereocenters. The fourth-order valence-corrected chi connectivity index (χ4v) is 3.11. The number of aromatic nitrogens is 1. The summed E-state index contributed by atoms with van der Waals surface area (Å²) in [6, 6.07) is 0.0411. The number of ether oxygens (including phenoxy) is 1. The molecule has 6 heteroatoms. The number of rotatable bonds is 5. The zero-order chi connectivity index (χ0) is 14.5. The van der Waals surface area contributed by atoms with Crippen molar-refractivity contribution in [3.63, 3.8) is 0 Å². The standard InChI is InChI=1S/C14H23N3O2S/c1-9(13-16-10(2)8-20-13)6-15-14(18)17-11(3)12-4-5-19-7-12/h8-9,11-12H,4-7H2,1-3H3,(H2,15,17,18)/t9-,11+,12-/m1/s1. The molecule has 112 valence electrons. The van der Waals surface area contributed by atoms with E-state index in [1.807, 2.05) is 19.2 Å². The van der Waals surface area contributed by atoms with Crippen LogP contribution in [0.3, 0.4) is 0 Å². The first-order valence-electron chi connectivity index (χ1n) is 7.10. The van der Waals surface area contributed by atoms with Gasteiger partial charge in [0.1, 0.15) is 0 Å². The van der Waals surface area contributed by atoms with Gasteiger partial charge >= 0.3 is 6.03 Å². The van der Waals surface area contributed by atoms with E-state index in [1.165, 1.54) is 0 Å². The smallest absolute Gasteiger partial charge is 0.315 e. The van der Waals surface area contributed by atoms with Gasteiger partial charge in [0.05, 0.1) is 11.6 Å². The van der Waals surface area contributed by atoms with E-state index >= 15 is 0 Å². The lowest BCUT2D eigenvalue weighted by Crippen LogP contribution is -2.45. The molecule has 20 heavy (non-hydrogen) atoms. The van der Waals surface area contributed by atoms with Crippen LogP contribution in [-0.2, 0) is 4.74 Å². The second-order valence-corrected chi connectivity index (χ2v) is 6.38. The molecule has 0 saturated carbocycles. The van der Waals surface area contributed by atoms with Crippen LogP contribution in [0.15, 0.2) is 5.38 Å². The van der Waals surface area contributed by atoms with E-state index in [-0.39, 0.29) is 18.0 Å². The summed E-state index contributed by atoms with van der Waals surface area (Å²) in [6.45, 7) is 8.25. The van der Waals surface area contributed by atoms with Crippen LogP contribution in [0.1, 0.15) is 36.9 Å². The van der Waals surface area contributed by atoms with E-state index in [0.717, 1.165) is 30.3 Å². The molecule has 1 saturated heterocycles. The third-order valence-electron chi connectivity index (χ3n) is 3.66. The normalized spacial score (nSPS) is 21.4. The number of nitrogens with one attached hydrogen (secondary N) is 2. The lowest BCUT2D eigenvalue weighted by atomic mass is 10.0.